The summed E-state index contributed by atoms with van der Waals surface area (Å²) < 4.78 is 0. The number of carbonyl (C=O) groups is 1. The first-order valence-electron chi connectivity index (χ1n) is 6.14. The number of carbonyl (C=O) groups excluding carboxylic acids is 1. The van der Waals surface area contributed by atoms with Gasteiger partial charge in [0.15, 0.2) is 0 Å². The van der Waals surface area contributed by atoms with E-state index in [-0.39, 0.29) is 11.8 Å². The van der Waals surface area contributed by atoms with Crippen molar-refractivity contribution in [2.24, 2.45) is 17.4 Å². The Labute approximate surface area is 112 Å². The van der Waals surface area contributed by atoms with Gasteiger partial charge in [-0.2, -0.15) is 0 Å². The van der Waals surface area contributed by atoms with Crippen LogP contribution in [0.3, 0.4) is 0 Å². The van der Waals surface area contributed by atoms with Crippen LogP contribution in [0.5, 0.6) is 0 Å². The molecule has 2 rings (SSSR count). The molecule has 1 aliphatic rings. The average Bonchev–Trinajstić information content (AvgIpc) is 2.39. The SMILES string of the molecule is NCc1ccc(Cl)cc1N1CCC(C(N)=O)CC1. The lowest BCUT2D eigenvalue weighted by atomic mass is 9.95. The summed E-state index contributed by atoms with van der Waals surface area (Å²) in [5.74, 6) is -0.193. The van der Waals surface area contributed by atoms with Crippen LogP contribution in [-0.2, 0) is 11.3 Å². The van der Waals surface area contributed by atoms with E-state index in [1.165, 1.54) is 0 Å². The van der Waals surface area contributed by atoms with Gasteiger partial charge in [0, 0.05) is 36.3 Å². The quantitative estimate of drug-likeness (QED) is 0.872. The molecule has 5 heteroatoms. The van der Waals surface area contributed by atoms with Gasteiger partial charge in [0.25, 0.3) is 0 Å². The van der Waals surface area contributed by atoms with Crippen molar-refractivity contribution >= 4 is 23.2 Å². The van der Waals surface area contributed by atoms with E-state index in [2.05, 4.69) is 4.90 Å². The number of primary amides is 1. The highest BCUT2D eigenvalue weighted by Gasteiger charge is 2.24. The summed E-state index contributed by atoms with van der Waals surface area (Å²) in [5, 5.41) is 0.708. The molecule has 0 aromatic heterocycles. The van der Waals surface area contributed by atoms with Gasteiger partial charge in [-0.25, -0.2) is 0 Å². The number of nitrogens with two attached hydrogens (primary N) is 2. The second kappa shape index (κ2) is 5.59. The van der Waals surface area contributed by atoms with Crippen LogP contribution in [0, 0.1) is 5.92 Å². The van der Waals surface area contributed by atoms with Gasteiger partial charge in [0.05, 0.1) is 0 Å². The van der Waals surface area contributed by atoms with Crippen molar-refractivity contribution in [2.45, 2.75) is 19.4 Å². The Morgan fingerprint density at radius 2 is 2.06 bits per heavy atom. The molecule has 1 fully saturated rings. The van der Waals surface area contributed by atoms with Crippen molar-refractivity contribution in [3.63, 3.8) is 0 Å². The van der Waals surface area contributed by atoms with Crippen LogP contribution in [0.1, 0.15) is 18.4 Å². The summed E-state index contributed by atoms with van der Waals surface area (Å²) in [6.45, 7) is 2.13. The molecule has 98 valence electrons. The summed E-state index contributed by atoms with van der Waals surface area (Å²) >= 11 is 6.03. The lowest BCUT2D eigenvalue weighted by molar-refractivity contribution is -0.122. The minimum atomic E-state index is -0.195. The van der Waals surface area contributed by atoms with Gasteiger partial charge in [0.1, 0.15) is 0 Å². The summed E-state index contributed by atoms with van der Waals surface area (Å²) in [5.41, 5.74) is 13.2. The number of hydrogen-bond donors (Lipinski definition) is 2. The van der Waals surface area contributed by atoms with Crippen LogP contribution in [0.25, 0.3) is 0 Å². The molecule has 0 saturated carbocycles. The Bertz CT molecular complexity index is 442. The Morgan fingerprint density at radius 3 is 2.61 bits per heavy atom. The monoisotopic (exact) mass is 267 g/mol. The van der Waals surface area contributed by atoms with Crippen LogP contribution in [0.15, 0.2) is 18.2 Å². The number of benzene rings is 1. The van der Waals surface area contributed by atoms with Crippen molar-refractivity contribution in [1.29, 1.82) is 0 Å². The number of anilines is 1. The van der Waals surface area contributed by atoms with E-state index in [9.17, 15) is 4.79 Å². The van der Waals surface area contributed by atoms with Crippen molar-refractivity contribution in [2.75, 3.05) is 18.0 Å². The maximum absolute atomic E-state index is 11.1. The standard InChI is InChI=1S/C13H18ClN3O/c14-11-2-1-10(8-15)12(7-11)17-5-3-9(4-6-17)13(16)18/h1-2,7,9H,3-6,8,15H2,(H2,16,18). The van der Waals surface area contributed by atoms with Gasteiger partial charge in [0.2, 0.25) is 5.91 Å². The van der Waals surface area contributed by atoms with E-state index in [1.807, 2.05) is 18.2 Å². The third-order valence-electron chi connectivity index (χ3n) is 3.51. The first-order chi connectivity index (χ1) is 8.61. The van der Waals surface area contributed by atoms with Crippen LogP contribution in [-0.4, -0.2) is 19.0 Å². The zero-order valence-electron chi connectivity index (χ0n) is 10.2. The Kier molecular flexibility index (Phi) is 4.09. The Hall–Kier alpha value is -1.26. The molecule has 0 spiro atoms. The second-order valence-corrected chi connectivity index (χ2v) is 5.08. The summed E-state index contributed by atoms with van der Waals surface area (Å²) in [4.78, 5) is 13.4. The molecule has 4 nitrogen and oxygen atoms in total. The number of piperidine rings is 1. The molecule has 1 aliphatic heterocycles. The predicted molar refractivity (Wildman–Crippen MR) is 73.5 cm³/mol. The van der Waals surface area contributed by atoms with Crippen molar-refractivity contribution in [1.82, 2.24) is 0 Å². The average molecular weight is 268 g/mol. The third kappa shape index (κ3) is 2.76. The molecule has 0 bridgehead atoms. The fraction of sp³-hybridized carbons (Fsp3) is 0.462. The molecule has 1 heterocycles. The first-order valence-corrected chi connectivity index (χ1v) is 6.52. The number of rotatable bonds is 3. The zero-order valence-corrected chi connectivity index (χ0v) is 11.0. The number of halogens is 1. The Morgan fingerprint density at radius 1 is 1.39 bits per heavy atom. The molecular weight excluding hydrogens is 250 g/mol. The molecule has 1 aromatic carbocycles. The zero-order chi connectivity index (χ0) is 13.1. The fourth-order valence-electron chi connectivity index (χ4n) is 2.41. The molecule has 0 atom stereocenters. The van der Waals surface area contributed by atoms with E-state index in [0.717, 1.165) is 37.2 Å². The van der Waals surface area contributed by atoms with Gasteiger partial charge in [-0.3, -0.25) is 4.79 Å². The molecule has 0 radical (unpaired) electrons. The molecule has 4 N–H and O–H groups in total. The molecule has 1 amide bonds. The molecular formula is C13H18ClN3O. The van der Waals surface area contributed by atoms with Gasteiger partial charge in [-0.1, -0.05) is 17.7 Å². The molecule has 0 unspecified atom stereocenters. The maximum atomic E-state index is 11.1. The highest BCUT2D eigenvalue weighted by atomic mass is 35.5. The molecule has 1 aromatic rings. The van der Waals surface area contributed by atoms with Gasteiger partial charge < -0.3 is 16.4 Å². The van der Waals surface area contributed by atoms with Crippen molar-refractivity contribution in [3.05, 3.63) is 28.8 Å². The lowest BCUT2D eigenvalue weighted by Crippen LogP contribution is -2.39. The molecule has 0 aliphatic carbocycles. The fourth-order valence-corrected chi connectivity index (χ4v) is 2.58. The molecule has 18 heavy (non-hydrogen) atoms. The van der Waals surface area contributed by atoms with E-state index in [1.54, 1.807) is 0 Å². The third-order valence-corrected chi connectivity index (χ3v) is 3.74. The van der Waals surface area contributed by atoms with Crippen LogP contribution < -0.4 is 16.4 Å². The van der Waals surface area contributed by atoms with Crippen LogP contribution >= 0.6 is 11.6 Å². The van der Waals surface area contributed by atoms with Gasteiger partial charge in [-0.15, -0.1) is 0 Å². The Balaban J connectivity index is 2.14. The normalized spacial score (nSPS) is 16.9. The number of hydrogen-bond acceptors (Lipinski definition) is 3. The number of nitrogens with zero attached hydrogens (tertiary/aromatic N) is 1. The van der Waals surface area contributed by atoms with Crippen LogP contribution in [0.2, 0.25) is 5.02 Å². The van der Waals surface area contributed by atoms with Crippen molar-refractivity contribution in [3.8, 4) is 0 Å². The molecule has 1 saturated heterocycles. The minimum absolute atomic E-state index is 0.00163. The second-order valence-electron chi connectivity index (χ2n) is 4.64. The highest BCUT2D eigenvalue weighted by molar-refractivity contribution is 6.30. The van der Waals surface area contributed by atoms with E-state index < -0.39 is 0 Å². The predicted octanol–water partition coefficient (Wildman–Crippen LogP) is 1.50. The number of amides is 1. The van der Waals surface area contributed by atoms with Gasteiger partial charge >= 0.3 is 0 Å². The smallest absolute Gasteiger partial charge is 0.220 e. The van der Waals surface area contributed by atoms with E-state index in [0.29, 0.717) is 11.6 Å². The highest BCUT2D eigenvalue weighted by Crippen LogP contribution is 2.28. The first kappa shape index (κ1) is 13.2. The summed E-state index contributed by atoms with van der Waals surface area (Å²) in [7, 11) is 0. The largest absolute Gasteiger partial charge is 0.371 e. The van der Waals surface area contributed by atoms with E-state index >= 15 is 0 Å². The topological polar surface area (TPSA) is 72.3 Å². The maximum Gasteiger partial charge on any atom is 0.220 e. The minimum Gasteiger partial charge on any atom is -0.371 e. The van der Waals surface area contributed by atoms with Crippen molar-refractivity contribution < 1.29 is 4.79 Å². The lowest BCUT2D eigenvalue weighted by Gasteiger charge is -2.33. The summed E-state index contributed by atoms with van der Waals surface area (Å²) in [6, 6.07) is 5.75. The van der Waals surface area contributed by atoms with E-state index in [4.69, 9.17) is 23.1 Å². The van der Waals surface area contributed by atoms with Gasteiger partial charge in [-0.05, 0) is 30.5 Å². The van der Waals surface area contributed by atoms with Crippen LogP contribution in [0.4, 0.5) is 5.69 Å². The summed E-state index contributed by atoms with van der Waals surface area (Å²) in [6.07, 6.45) is 1.59.